The number of benzene rings is 1. The molecule has 0 radical (unpaired) electrons. The van der Waals surface area contributed by atoms with E-state index in [2.05, 4.69) is 57.9 Å². The molecule has 1 aromatic carbocycles. The van der Waals surface area contributed by atoms with E-state index < -0.39 is 0 Å². The van der Waals surface area contributed by atoms with Crippen molar-refractivity contribution in [2.75, 3.05) is 5.73 Å². The Morgan fingerprint density at radius 3 is 2.20 bits per heavy atom. The van der Waals surface area contributed by atoms with Crippen LogP contribution in [0, 0.1) is 0 Å². The smallest absolute Gasteiger partial charge is 0.127 e. The molecule has 25 heavy (non-hydrogen) atoms. The fourth-order valence-electron chi connectivity index (χ4n) is 2.41. The molecule has 0 saturated heterocycles. The summed E-state index contributed by atoms with van der Waals surface area (Å²) in [6, 6.07) is 7.78. The van der Waals surface area contributed by atoms with Gasteiger partial charge in [0.05, 0.1) is 0 Å². The van der Waals surface area contributed by atoms with Crippen molar-refractivity contribution in [2.45, 2.75) is 66.5 Å². The fourth-order valence-corrected chi connectivity index (χ4v) is 2.41. The maximum atomic E-state index is 10.8. The number of rotatable bonds is 3. The van der Waals surface area contributed by atoms with E-state index in [1.54, 1.807) is 12.3 Å². The summed E-state index contributed by atoms with van der Waals surface area (Å²) in [6.45, 7) is 13.5. The molecular formula is C21H33N3O. The van der Waals surface area contributed by atoms with Gasteiger partial charge >= 0.3 is 0 Å². The highest BCUT2D eigenvalue weighted by molar-refractivity contribution is 5.73. The van der Waals surface area contributed by atoms with Crippen LogP contribution < -0.4 is 11.1 Å². The highest BCUT2D eigenvalue weighted by Crippen LogP contribution is 2.37. The van der Waals surface area contributed by atoms with Crippen LogP contribution in [0.4, 0.5) is 5.82 Å². The molecule has 0 aliphatic rings. The molecule has 1 heterocycles. The Hall–Kier alpha value is -2.07. The van der Waals surface area contributed by atoms with Gasteiger partial charge in [0.1, 0.15) is 11.6 Å². The topological polar surface area (TPSA) is 71.2 Å². The first-order chi connectivity index (χ1) is 11.0. The predicted molar refractivity (Wildman–Crippen MR) is 108 cm³/mol. The van der Waals surface area contributed by atoms with Gasteiger partial charge in [-0.2, -0.15) is 0 Å². The van der Waals surface area contributed by atoms with E-state index in [1.807, 2.05) is 12.1 Å². The largest absolute Gasteiger partial charge is 0.507 e. The van der Waals surface area contributed by atoms with Crippen LogP contribution in [0.15, 0.2) is 30.5 Å². The maximum absolute atomic E-state index is 10.8. The molecule has 0 fully saturated rings. The number of hydrogen-bond donors (Lipinski definition) is 3. The van der Waals surface area contributed by atoms with Gasteiger partial charge in [-0.05, 0) is 49.9 Å². The lowest BCUT2D eigenvalue weighted by molar-refractivity contribution is 0.411. The first-order valence-electron chi connectivity index (χ1n) is 8.31. The van der Waals surface area contributed by atoms with Crippen molar-refractivity contribution in [2.24, 2.45) is 0 Å². The molecule has 0 saturated carbocycles. The molecule has 138 valence electrons. The minimum absolute atomic E-state index is 0. The number of phenolic OH excluding ortho intramolecular Hbond substituents is 1. The van der Waals surface area contributed by atoms with Crippen molar-refractivity contribution >= 4 is 5.82 Å². The van der Waals surface area contributed by atoms with E-state index in [0.29, 0.717) is 18.1 Å². The summed E-state index contributed by atoms with van der Waals surface area (Å²) in [6.07, 6.45) is 1.71. The van der Waals surface area contributed by atoms with E-state index in [1.165, 1.54) is 5.56 Å². The molecule has 2 aromatic rings. The molecule has 0 unspecified atom stereocenters. The number of aromatic nitrogens is 1. The normalized spacial score (nSPS) is 11.9. The molecule has 4 heteroatoms. The van der Waals surface area contributed by atoms with E-state index in [9.17, 15) is 5.11 Å². The number of aromatic hydroxyl groups is 1. The molecule has 0 amide bonds. The Kier molecular flexibility index (Phi) is 6.24. The Bertz CT molecular complexity index is 708. The van der Waals surface area contributed by atoms with Gasteiger partial charge in [0.15, 0.2) is 0 Å². The van der Waals surface area contributed by atoms with Crippen molar-refractivity contribution in [3.63, 3.8) is 0 Å². The van der Waals surface area contributed by atoms with Crippen LogP contribution in [0.3, 0.4) is 0 Å². The summed E-state index contributed by atoms with van der Waals surface area (Å²) in [7, 11) is 0. The summed E-state index contributed by atoms with van der Waals surface area (Å²) in [5, 5.41) is 14.2. The highest BCUT2D eigenvalue weighted by Gasteiger charge is 2.20. The monoisotopic (exact) mass is 343 g/mol. The SMILES string of the molecule is C.CC(C)(C)NCc1cc(C(C)(C)C)cc(-c2ccc(N)nc2)c1O. The lowest BCUT2D eigenvalue weighted by Gasteiger charge is -2.25. The van der Waals surface area contributed by atoms with Crippen LogP contribution in [0.2, 0.25) is 0 Å². The van der Waals surface area contributed by atoms with Gasteiger partial charge in [0, 0.05) is 35.0 Å². The van der Waals surface area contributed by atoms with Crippen molar-refractivity contribution in [3.05, 3.63) is 41.6 Å². The summed E-state index contributed by atoms with van der Waals surface area (Å²) in [5.41, 5.74) is 9.38. The fraction of sp³-hybridized carbons (Fsp3) is 0.476. The Morgan fingerprint density at radius 2 is 1.72 bits per heavy atom. The summed E-state index contributed by atoms with van der Waals surface area (Å²) in [4.78, 5) is 4.15. The number of anilines is 1. The zero-order chi connectivity index (χ0) is 18.1. The molecule has 0 atom stereocenters. The van der Waals surface area contributed by atoms with E-state index in [0.717, 1.165) is 16.7 Å². The Balaban J connectivity index is 0.00000312. The van der Waals surface area contributed by atoms with Gasteiger partial charge in [-0.15, -0.1) is 0 Å². The van der Waals surface area contributed by atoms with Gasteiger partial charge in [0.25, 0.3) is 0 Å². The molecule has 0 aliphatic heterocycles. The van der Waals surface area contributed by atoms with E-state index in [-0.39, 0.29) is 18.4 Å². The second-order valence-corrected chi connectivity index (χ2v) is 8.36. The lowest BCUT2D eigenvalue weighted by Crippen LogP contribution is -2.35. The third-order valence-corrected chi connectivity index (χ3v) is 3.96. The molecule has 0 bridgehead atoms. The molecule has 0 aliphatic carbocycles. The van der Waals surface area contributed by atoms with E-state index in [4.69, 9.17) is 5.73 Å². The van der Waals surface area contributed by atoms with Gasteiger partial charge < -0.3 is 16.2 Å². The predicted octanol–water partition coefficient (Wildman–Crippen LogP) is 4.86. The molecule has 0 spiro atoms. The number of nitrogen functional groups attached to an aromatic ring is 1. The van der Waals surface area contributed by atoms with Crippen LogP contribution >= 0.6 is 0 Å². The summed E-state index contributed by atoms with van der Waals surface area (Å²) < 4.78 is 0. The Labute approximate surface area is 152 Å². The maximum Gasteiger partial charge on any atom is 0.127 e. The molecule has 4 N–H and O–H groups in total. The second-order valence-electron chi connectivity index (χ2n) is 8.36. The number of hydrogen-bond acceptors (Lipinski definition) is 4. The highest BCUT2D eigenvalue weighted by atomic mass is 16.3. The van der Waals surface area contributed by atoms with Crippen molar-refractivity contribution in [1.29, 1.82) is 0 Å². The minimum atomic E-state index is -0.0207. The zero-order valence-corrected chi connectivity index (χ0v) is 15.6. The van der Waals surface area contributed by atoms with Crippen molar-refractivity contribution in [1.82, 2.24) is 10.3 Å². The molecular weight excluding hydrogens is 310 g/mol. The molecule has 4 nitrogen and oxygen atoms in total. The average molecular weight is 344 g/mol. The average Bonchev–Trinajstić information content (AvgIpc) is 2.45. The number of phenols is 1. The number of nitrogens with zero attached hydrogens (tertiary/aromatic N) is 1. The number of pyridine rings is 1. The minimum Gasteiger partial charge on any atom is -0.507 e. The third kappa shape index (κ3) is 5.46. The standard InChI is InChI=1S/C20H29N3O.CH4/c1-19(2,3)15-9-14(12-23-20(4,5)6)18(24)16(10-15)13-7-8-17(21)22-11-13;/h7-11,23-24H,12H2,1-6H3,(H2,21,22);1H4. The van der Waals surface area contributed by atoms with Crippen LogP contribution in [-0.4, -0.2) is 15.6 Å². The van der Waals surface area contributed by atoms with Crippen LogP contribution in [0.25, 0.3) is 11.1 Å². The van der Waals surface area contributed by atoms with Gasteiger partial charge in [0.2, 0.25) is 0 Å². The van der Waals surface area contributed by atoms with Crippen LogP contribution in [0.5, 0.6) is 5.75 Å². The first-order valence-corrected chi connectivity index (χ1v) is 8.31. The van der Waals surface area contributed by atoms with Crippen molar-refractivity contribution in [3.8, 4) is 16.9 Å². The quantitative estimate of drug-likeness (QED) is 0.744. The molecule has 2 rings (SSSR count). The third-order valence-electron chi connectivity index (χ3n) is 3.96. The first kappa shape index (κ1) is 21.0. The van der Waals surface area contributed by atoms with E-state index >= 15 is 0 Å². The summed E-state index contributed by atoms with van der Waals surface area (Å²) in [5.74, 6) is 0.770. The number of nitrogens with two attached hydrogens (primary N) is 1. The molecule has 1 aromatic heterocycles. The van der Waals surface area contributed by atoms with Gasteiger partial charge in [-0.25, -0.2) is 4.98 Å². The van der Waals surface area contributed by atoms with Crippen molar-refractivity contribution < 1.29 is 5.11 Å². The zero-order valence-electron chi connectivity index (χ0n) is 15.6. The van der Waals surface area contributed by atoms with Crippen LogP contribution in [0.1, 0.15) is 60.1 Å². The summed E-state index contributed by atoms with van der Waals surface area (Å²) >= 11 is 0. The van der Waals surface area contributed by atoms with Gasteiger partial charge in [-0.3, -0.25) is 0 Å². The van der Waals surface area contributed by atoms with Gasteiger partial charge in [-0.1, -0.05) is 34.3 Å². The van der Waals surface area contributed by atoms with Crippen LogP contribution in [-0.2, 0) is 12.0 Å². The second kappa shape index (κ2) is 7.44. The number of nitrogens with one attached hydrogen (secondary N) is 1. The lowest BCUT2D eigenvalue weighted by atomic mass is 9.83. The Morgan fingerprint density at radius 1 is 1.08 bits per heavy atom.